The van der Waals surface area contributed by atoms with Crippen molar-refractivity contribution in [3.63, 3.8) is 0 Å². The Morgan fingerprint density at radius 2 is 2.00 bits per heavy atom. The minimum Gasteiger partial charge on any atom is -0.309 e. The monoisotopic (exact) mass is 170 g/mol. The highest BCUT2D eigenvalue weighted by atomic mass is 15.1. The van der Waals surface area contributed by atoms with E-state index in [1.807, 2.05) is 0 Å². The van der Waals surface area contributed by atoms with Crippen LogP contribution in [0.2, 0.25) is 0 Å². The fourth-order valence-corrected chi connectivity index (χ4v) is 2.10. The average Bonchev–Trinajstić information content (AvgIpc) is 2.26. The van der Waals surface area contributed by atoms with Crippen LogP contribution in [-0.2, 0) is 0 Å². The quantitative estimate of drug-likeness (QED) is 0.626. The Morgan fingerprint density at radius 1 is 1.33 bits per heavy atom. The fourth-order valence-electron chi connectivity index (χ4n) is 2.10. The zero-order valence-corrected chi connectivity index (χ0v) is 8.88. The fraction of sp³-hybridized carbons (Fsp3) is 1.00. The largest absolute Gasteiger partial charge is 0.309 e. The van der Waals surface area contributed by atoms with E-state index in [0.717, 1.165) is 11.8 Å². The van der Waals surface area contributed by atoms with Crippen LogP contribution in [0.25, 0.3) is 0 Å². The van der Waals surface area contributed by atoms with Gasteiger partial charge in [-0.25, -0.2) is 0 Å². The lowest BCUT2D eigenvalue weighted by Crippen LogP contribution is -2.20. The number of likely N-dealkylation sites (tertiary alicyclic amines) is 1. The molecule has 72 valence electrons. The van der Waals surface area contributed by atoms with Crippen molar-refractivity contribution in [3.05, 3.63) is 0 Å². The molecule has 0 amide bonds. The Labute approximate surface area is 76.5 Å². The van der Waals surface area contributed by atoms with Gasteiger partial charge in [0.25, 0.3) is 0 Å². The first-order chi connectivity index (χ1) is 5.59. The molecule has 1 aliphatic rings. The zero-order chi connectivity index (χ0) is 9.14. The van der Waals surface area contributed by atoms with Crippen LogP contribution >= 0.6 is 0 Å². The summed E-state index contributed by atoms with van der Waals surface area (Å²) in [6, 6.07) is 0. The highest BCUT2D eigenvalue weighted by Gasteiger charge is 2.26. The summed E-state index contributed by atoms with van der Waals surface area (Å²) in [5.41, 5.74) is 0. The van der Waals surface area contributed by atoms with Gasteiger partial charge in [-0.15, -0.1) is 0 Å². The lowest BCUT2D eigenvalue weighted by Gasteiger charge is -2.16. The lowest BCUT2D eigenvalue weighted by molar-refractivity contribution is 0.322. The van der Waals surface area contributed by atoms with E-state index < -0.39 is 0 Å². The molecule has 0 radical (unpaired) electrons. The molecule has 1 heterocycles. The minimum atomic E-state index is 0.898. The van der Waals surface area contributed by atoms with Crippen LogP contribution in [0.15, 0.2) is 0 Å². The lowest BCUT2D eigenvalue weighted by atomic mass is 9.95. The highest BCUT2D eigenvalue weighted by molar-refractivity contribution is 4.79. The zero-order valence-electron chi connectivity index (χ0n) is 8.88. The van der Waals surface area contributed by atoms with E-state index in [4.69, 9.17) is 0 Å². The molecule has 0 aromatic heterocycles. The number of hydrogen-bond acceptors (Lipinski definition) is 2. The molecular weight excluding hydrogens is 148 g/mol. The second kappa shape index (κ2) is 4.24. The Hall–Kier alpha value is -0.0800. The van der Waals surface area contributed by atoms with E-state index in [-0.39, 0.29) is 0 Å². The molecule has 0 aliphatic carbocycles. The van der Waals surface area contributed by atoms with Crippen molar-refractivity contribution in [1.29, 1.82) is 0 Å². The summed E-state index contributed by atoms with van der Waals surface area (Å²) >= 11 is 0. The predicted octanol–water partition coefficient (Wildman–Crippen LogP) is 1.14. The first-order valence-electron chi connectivity index (χ1n) is 4.93. The van der Waals surface area contributed by atoms with Gasteiger partial charge >= 0.3 is 0 Å². The summed E-state index contributed by atoms with van der Waals surface area (Å²) in [6.07, 6.45) is 1.36. The number of nitrogens with zero attached hydrogens (tertiary/aromatic N) is 2. The van der Waals surface area contributed by atoms with Crippen molar-refractivity contribution in [2.24, 2.45) is 11.8 Å². The third kappa shape index (κ3) is 2.76. The van der Waals surface area contributed by atoms with Crippen LogP contribution in [0.5, 0.6) is 0 Å². The van der Waals surface area contributed by atoms with Crippen molar-refractivity contribution in [1.82, 2.24) is 9.80 Å². The SMILES string of the molecule is CC1CN(C)CC1CCN(C)C. The molecule has 0 aromatic rings. The van der Waals surface area contributed by atoms with Crippen LogP contribution in [0.4, 0.5) is 0 Å². The molecule has 0 saturated carbocycles. The van der Waals surface area contributed by atoms with Crippen molar-refractivity contribution in [2.45, 2.75) is 13.3 Å². The maximum atomic E-state index is 2.45. The van der Waals surface area contributed by atoms with Crippen molar-refractivity contribution < 1.29 is 0 Å². The summed E-state index contributed by atoms with van der Waals surface area (Å²) in [5.74, 6) is 1.83. The van der Waals surface area contributed by atoms with Crippen LogP contribution in [0, 0.1) is 11.8 Å². The molecule has 0 spiro atoms. The van der Waals surface area contributed by atoms with Crippen molar-refractivity contribution in [2.75, 3.05) is 40.8 Å². The van der Waals surface area contributed by atoms with Gasteiger partial charge in [-0.3, -0.25) is 0 Å². The van der Waals surface area contributed by atoms with E-state index in [0.29, 0.717) is 0 Å². The smallest absolute Gasteiger partial charge is 0.00102 e. The molecule has 0 bridgehead atoms. The average molecular weight is 170 g/mol. The summed E-state index contributed by atoms with van der Waals surface area (Å²) in [5, 5.41) is 0. The molecular formula is C10H22N2. The topological polar surface area (TPSA) is 6.48 Å². The van der Waals surface area contributed by atoms with Gasteiger partial charge in [0.2, 0.25) is 0 Å². The maximum absolute atomic E-state index is 2.45. The Morgan fingerprint density at radius 3 is 2.42 bits per heavy atom. The van der Waals surface area contributed by atoms with Gasteiger partial charge < -0.3 is 9.80 Å². The number of rotatable bonds is 3. The van der Waals surface area contributed by atoms with Gasteiger partial charge in [-0.2, -0.15) is 0 Å². The molecule has 2 heteroatoms. The summed E-state index contributed by atoms with van der Waals surface area (Å²) in [6.45, 7) is 6.21. The van der Waals surface area contributed by atoms with Crippen LogP contribution in [0.3, 0.4) is 0 Å². The first kappa shape index (κ1) is 10.0. The molecule has 0 aromatic carbocycles. The normalized spacial score (nSPS) is 31.8. The van der Waals surface area contributed by atoms with Gasteiger partial charge in [0.15, 0.2) is 0 Å². The molecule has 0 N–H and O–H groups in total. The third-order valence-electron chi connectivity index (χ3n) is 2.90. The van der Waals surface area contributed by atoms with Gasteiger partial charge in [0.1, 0.15) is 0 Å². The van der Waals surface area contributed by atoms with Crippen LogP contribution in [0.1, 0.15) is 13.3 Å². The molecule has 12 heavy (non-hydrogen) atoms. The summed E-state index contributed by atoms with van der Waals surface area (Å²) < 4.78 is 0. The Balaban J connectivity index is 2.23. The highest BCUT2D eigenvalue weighted by Crippen LogP contribution is 2.24. The molecule has 2 unspecified atom stereocenters. The second-order valence-corrected chi connectivity index (χ2v) is 4.55. The van der Waals surface area contributed by atoms with Crippen molar-refractivity contribution in [3.8, 4) is 0 Å². The van der Waals surface area contributed by atoms with E-state index >= 15 is 0 Å². The van der Waals surface area contributed by atoms with Crippen LogP contribution < -0.4 is 0 Å². The van der Waals surface area contributed by atoms with E-state index in [1.54, 1.807) is 0 Å². The van der Waals surface area contributed by atoms with E-state index in [2.05, 4.69) is 37.9 Å². The first-order valence-corrected chi connectivity index (χ1v) is 4.93. The van der Waals surface area contributed by atoms with E-state index in [1.165, 1.54) is 26.1 Å². The second-order valence-electron chi connectivity index (χ2n) is 4.55. The maximum Gasteiger partial charge on any atom is 0.00102 e. The molecule has 2 nitrogen and oxygen atoms in total. The number of hydrogen-bond donors (Lipinski definition) is 0. The Kier molecular flexibility index (Phi) is 3.53. The third-order valence-corrected chi connectivity index (χ3v) is 2.90. The van der Waals surface area contributed by atoms with Gasteiger partial charge in [-0.1, -0.05) is 6.92 Å². The van der Waals surface area contributed by atoms with Crippen LogP contribution in [-0.4, -0.2) is 50.6 Å². The summed E-state index contributed by atoms with van der Waals surface area (Å²) in [4.78, 5) is 4.73. The molecule has 1 aliphatic heterocycles. The summed E-state index contributed by atoms with van der Waals surface area (Å²) in [7, 11) is 6.54. The molecule has 1 fully saturated rings. The molecule has 2 atom stereocenters. The Bertz CT molecular complexity index is 134. The van der Waals surface area contributed by atoms with Gasteiger partial charge in [0, 0.05) is 13.1 Å². The standard InChI is InChI=1S/C10H22N2/c1-9-7-12(4)8-10(9)5-6-11(2)3/h9-10H,5-8H2,1-4H3. The predicted molar refractivity (Wildman–Crippen MR) is 53.3 cm³/mol. The molecule has 1 saturated heterocycles. The van der Waals surface area contributed by atoms with Gasteiger partial charge in [-0.05, 0) is 45.9 Å². The molecule has 1 rings (SSSR count). The van der Waals surface area contributed by atoms with Crippen molar-refractivity contribution >= 4 is 0 Å². The minimum absolute atomic E-state index is 0.898. The van der Waals surface area contributed by atoms with Gasteiger partial charge in [0.05, 0.1) is 0 Å². The van der Waals surface area contributed by atoms with E-state index in [9.17, 15) is 0 Å².